The Labute approximate surface area is 167 Å². The van der Waals surface area contributed by atoms with Gasteiger partial charge >= 0.3 is 0 Å². The lowest BCUT2D eigenvalue weighted by Crippen LogP contribution is -1.85. The quantitative estimate of drug-likeness (QED) is 0.431. The van der Waals surface area contributed by atoms with Gasteiger partial charge in [0, 0.05) is 0 Å². The Bertz CT molecular complexity index is 683. The van der Waals surface area contributed by atoms with Gasteiger partial charge in [-0.1, -0.05) is 123 Å². The Hall–Kier alpha value is -2.34. The zero-order valence-corrected chi connectivity index (χ0v) is 18.2. The lowest BCUT2D eigenvalue weighted by Gasteiger charge is -2.03. The minimum atomic E-state index is 0.653. The average molecular weight is 361 g/mol. The topological polar surface area (TPSA) is 0 Å². The van der Waals surface area contributed by atoms with E-state index in [1.807, 2.05) is 18.2 Å². The van der Waals surface area contributed by atoms with Crippen molar-refractivity contribution in [2.24, 2.45) is 0 Å². The second-order valence-corrected chi connectivity index (χ2v) is 7.79. The van der Waals surface area contributed by atoms with Gasteiger partial charge in [-0.25, -0.2) is 0 Å². The summed E-state index contributed by atoms with van der Waals surface area (Å²) in [6, 6.07) is 27.7. The smallest absolute Gasteiger partial charge is 0.0219 e. The van der Waals surface area contributed by atoms with Crippen LogP contribution >= 0.6 is 0 Å². The van der Waals surface area contributed by atoms with Crippen LogP contribution in [0.1, 0.15) is 67.3 Å². The van der Waals surface area contributed by atoms with Crippen LogP contribution in [-0.2, 0) is 0 Å². The van der Waals surface area contributed by atoms with E-state index in [1.54, 1.807) is 0 Å². The standard InChI is InChI=1S/2C10H14.C7H8/c2*1-8(2)10-6-4-9(3)5-7-10;1-7-5-3-2-4-6-7/h2*4-8H,1-3H3;2-6H,1H3. The van der Waals surface area contributed by atoms with Crippen molar-refractivity contribution < 1.29 is 0 Å². The molecule has 3 aromatic rings. The first-order valence-electron chi connectivity index (χ1n) is 9.94. The average Bonchev–Trinajstić information content (AvgIpc) is 2.64. The van der Waals surface area contributed by atoms with Crippen LogP contribution < -0.4 is 0 Å². The van der Waals surface area contributed by atoms with Crippen LogP contribution in [0.3, 0.4) is 0 Å². The summed E-state index contributed by atoms with van der Waals surface area (Å²) in [5.74, 6) is 1.31. The summed E-state index contributed by atoms with van der Waals surface area (Å²) in [5, 5.41) is 0. The van der Waals surface area contributed by atoms with E-state index < -0.39 is 0 Å². The van der Waals surface area contributed by atoms with Crippen LogP contribution in [0.15, 0.2) is 78.9 Å². The molecule has 0 radical (unpaired) electrons. The normalized spacial score (nSPS) is 9.96. The first kappa shape index (κ1) is 22.7. The van der Waals surface area contributed by atoms with Gasteiger partial charge in [-0.05, 0) is 43.7 Å². The van der Waals surface area contributed by atoms with Crippen LogP contribution in [0.5, 0.6) is 0 Å². The van der Waals surface area contributed by atoms with Gasteiger partial charge < -0.3 is 0 Å². The zero-order valence-electron chi connectivity index (χ0n) is 18.2. The Morgan fingerprint density at radius 3 is 0.926 bits per heavy atom. The van der Waals surface area contributed by atoms with Crippen LogP contribution in [0.2, 0.25) is 0 Å². The summed E-state index contributed by atoms with van der Waals surface area (Å²) in [6.07, 6.45) is 0. The number of hydrogen-bond donors (Lipinski definition) is 0. The highest BCUT2D eigenvalue weighted by Gasteiger charge is 1.96. The second kappa shape index (κ2) is 12.1. The predicted octanol–water partition coefficient (Wildman–Crippen LogP) is 8.23. The molecule has 0 spiro atoms. The monoisotopic (exact) mass is 360 g/mol. The van der Waals surface area contributed by atoms with Gasteiger partial charge in [-0.2, -0.15) is 0 Å². The minimum absolute atomic E-state index is 0.653. The van der Waals surface area contributed by atoms with Gasteiger partial charge in [0.15, 0.2) is 0 Å². The molecule has 3 rings (SSSR count). The Morgan fingerprint density at radius 1 is 0.407 bits per heavy atom. The number of benzene rings is 3. The van der Waals surface area contributed by atoms with E-state index in [-0.39, 0.29) is 0 Å². The molecular formula is C27H36. The molecule has 0 amide bonds. The first-order valence-corrected chi connectivity index (χ1v) is 9.94. The first-order chi connectivity index (χ1) is 12.8. The van der Waals surface area contributed by atoms with Crippen molar-refractivity contribution in [3.8, 4) is 0 Å². The molecule has 0 fully saturated rings. The third-order valence-electron chi connectivity index (χ3n) is 4.43. The van der Waals surface area contributed by atoms with Crippen molar-refractivity contribution in [1.29, 1.82) is 0 Å². The van der Waals surface area contributed by atoms with Crippen molar-refractivity contribution in [2.75, 3.05) is 0 Å². The van der Waals surface area contributed by atoms with Crippen molar-refractivity contribution in [3.05, 3.63) is 107 Å². The number of aryl methyl sites for hydroxylation is 3. The van der Waals surface area contributed by atoms with E-state index in [2.05, 4.69) is 109 Å². The molecule has 0 heteroatoms. The predicted molar refractivity (Wildman–Crippen MR) is 122 cm³/mol. The van der Waals surface area contributed by atoms with Gasteiger partial charge in [-0.15, -0.1) is 0 Å². The molecule has 0 aromatic heterocycles. The molecule has 144 valence electrons. The van der Waals surface area contributed by atoms with Gasteiger partial charge in [0.25, 0.3) is 0 Å². The Balaban J connectivity index is 0.000000206. The summed E-state index contributed by atoms with van der Waals surface area (Å²) >= 11 is 0. The minimum Gasteiger partial charge on any atom is -0.0622 e. The van der Waals surface area contributed by atoms with E-state index in [9.17, 15) is 0 Å². The molecule has 27 heavy (non-hydrogen) atoms. The van der Waals surface area contributed by atoms with Crippen molar-refractivity contribution >= 4 is 0 Å². The highest BCUT2D eigenvalue weighted by atomic mass is 14.0. The molecule has 0 N–H and O–H groups in total. The largest absolute Gasteiger partial charge is 0.0622 e. The summed E-state index contributed by atoms with van der Waals surface area (Å²) in [7, 11) is 0. The highest BCUT2D eigenvalue weighted by Crippen LogP contribution is 2.14. The SMILES string of the molecule is Cc1ccc(C(C)C)cc1.Cc1ccc(C(C)C)cc1.Cc1ccccc1. The van der Waals surface area contributed by atoms with Crippen molar-refractivity contribution in [1.82, 2.24) is 0 Å². The lowest BCUT2D eigenvalue weighted by molar-refractivity contribution is 0.866. The molecule has 3 aromatic carbocycles. The van der Waals surface area contributed by atoms with Crippen LogP contribution in [0, 0.1) is 20.8 Å². The molecule has 0 saturated carbocycles. The fraction of sp³-hybridized carbons (Fsp3) is 0.333. The molecule has 0 atom stereocenters. The van der Waals surface area contributed by atoms with Crippen LogP contribution in [0.25, 0.3) is 0 Å². The van der Waals surface area contributed by atoms with E-state index in [0.29, 0.717) is 11.8 Å². The Morgan fingerprint density at radius 2 is 0.704 bits per heavy atom. The van der Waals surface area contributed by atoms with Crippen LogP contribution in [0.4, 0.5) is 0 Å². The molecule has 0 aliphatic rings. The zero-order chi connectivity index (χ0) is 20.2. The summed E-state index contributed by atoms with van der Waals surface area (Å²) in [6.45, 7) is 15.2. The van der Waals surface area contributed by atoms with E-state index in [1.165, 1.54) is 27.8 Å². The molecule has 0 nitrogen and oxygen atoms in total. The lowest BCUT2D eigenvalue weighted by atomic mass is 10.0. The maximum Gasteiger partial charge on any atom is -0.0219 e. The van der Waals surface area contributed by atoms with Gasteiger partial charge in [0.1, 0.15) is 0 Å². The molecule has 0 heterocycles. The van der Waals surface area contributed by atoms with Gasteiger partial charge in [0.05, 0.1) is 0 Å². The molecule has 0 aliphatic heterocycles. The molecule has 0 bridgehead atoms. The van der Waals surface area contributed by atoms with Crippen LogP contribution in [-0.4, -0.2) is 0 Å². The maximum absolute atomic E-state index is 2.21. The van der Waals surface area contributed by atoms with E-state index in [4.69, 9.17) is 0 Å². The fourth-order valence-corrected chi connectivity index (χ4v) is 2.44. The summed E-state index contributed by atoms with van der Waals surface area (Å²) in [5.41, 5.74) is 6.84. The van der Waals surface area contributed by atoms with Crippen molar-refractivity contribution in [2.45, 2.75) is 60.3 Å². The number of rotatable bonds is 2. The third-order valence-corrected chi connectivity index (χ3v) is 4.43. The fourth-order valence-electron chi connectivity index (χ4n) is 2.44. The molecule has 0 saturated heterocycles. The summed E-state index contributed by atoms with van der Waals surface area (Å²) in [4.78, 5) is 0. The van der Waals surface area contributed by atoms with Crippen molar-refractivity contribution in [3.63, 3.8) is 0 Å². The Kier molecular flexibility index (Phi) is 10.2. The van der Waals surface area contributed by atoms with E-state index >= 15 is 0 Å². The number of hydrogen-bond acceptors (Lipinski definition) is 0. The molecular weight excluding hydrogens is 324 g/mol. The molecule has 0 unspecified atom stereocenters. The summed E-state index contributed by atoms with van der Waals surface area (Å²) < 4.78 is 0. The highest BCUT2D eigenvalue weighted by molar-refractivity contribution is 5.24. The maximum atomic E-state index is 2.21. The van der Waals surface area contributed by atoms with E-state index in [0.717, 1.165) is 0 Å². The third kappa shape index (κ3) is 9.80. The van der Waals surface area contributed by atoms with Gasteiger partial charge in [-0.3, -0.25) is 0 Å². The molecule has 0 aliphatic carbocycles. The van der Waals surface area contributed by atoms with Gasteiger partial charge in [0.2, 0.25) is 0 Å². The second-order valence-electron chi connectivity index (χ2n) is 7.79.